The minimum absolute atomic E-state index is 0.863. The Kier molecular flexibility index (Phi) is 6.60. The molecule has 3 rings (SSSR count). The fraction of sp³-hybridized carbons (Fsp3) is 0.273. The second kappa shape index (κ2) is 9.33. The molecule has 0 aliphatic carbocycles. The van der Waals surface area contributed by atoms with Crippen molar-refractivity contribution in [2.75, 3.05) is 17.7 Å². The third-order valence-electron chi connectivity index (χ3n) is 4.31. The molecule has 27 heavy (non-hydrogen) atoms. The number of allylic oxidation sites excluding steroid dienone is 3. The first-order chi connectivity index (χ1) is 13.2. The van der Waals surface area contributed by atoms with Crippen LogP contribution in [-0.4, -0.2) is 17.0 Å². The Balaban J connectivity index is 1.94. The molecule has 2 heterocycles. The molecular weight excluding hydrogens is 352 g/mol. The fourth-order valence-electron chi connectivity index (χ4n) is 3.03. The average Bonchev–Trinajstić information content (AvgIpc) is 3.14. The number of nitrogens with zero attached hydrogens (tertiary/aromatic N) is 2. The van der Waals surface area contributed by atoms with Crippen molar-refractivity contribution < 1.29 is 0 Å². The average molecular weight is 379 g/mol. The maximum absolute atomic E-state index is 4.48. The summed E-state index contributed by atoms with van der Waals surface area (Å²) in [7, 11) is 1.90. The Bertz CT molecular complexity index is 956. The van der Waals surface area contributed by atoms with Crippen molar-refractivity contribution in [1.82, 2.24) is 9.97 Å². The van der Waals surface area contributed by atoms with E-state index < -0.39 is 0 Å². The van der Waals surface area contributed by atoms with Crippen LogP contribution in [0.15, 0.2) is 53.7 Å². The van der Waals surface area contributed by atoms with Crippen LogP contribution < -0.4 is 10.6 Å². The van der Waals surface area contributed by atoms with Crippen LogP contribution in [0.25, 0.3) is 16.3 Å². The van der Waals surface area contributed by atoms with Gasteiger partial charge in [0.15, 0.2) is 0 Å². The number of pyridine rings is 1. The molecule has 0 saturated heterocycles. The van der Waals surface area contributed by atoms with Crippen molar-refractivity contribution >= 4 is 44.8 Å². The molecule has 0 fully saturated rings. The van der Waals surface area contributed by atoms with E-state index in [4.69, 9.17) is 0 Å². The maximum Gasteiger partial charge on any atom is 0.135 e. The van der Waals surface area contributed by atoms with Gasteiger partial charge >= 0.3 is 0 Å². The van der Waals surface area contributed by atoms with E-state index in [9.17, 15) is 0 Å². The minimum atomic E-state index is 0.863. The van der Waals surface area contributed by atoms with Crippen LogP contribution in [0.1, 0.15) is 38.7 Å². The van der Waals surface area contributed by atoms with Crippen LogP contribution in [0.4, 0.5) is 17.2 Å². The van der Waals surface area contributed by atoms with Gasteiger partial charge in [-0.1, -0.05) is 38.0 Å². The highest BCUT2D eigenvalue weighted by Gasteiger charge is 2.08. The highest BCUT2D eigenvalue weighted by molar-refractivity contribution is 7.16. The summed E-state index contributed by atoms with van der Waals surface area (Å²) in [4.78, 5) is 8.83. The van der Waals surface area contributed by atoms with Gasteiger partial charge in [-0.2, -0.15) is 0 Å². The van der Waals surface area contributed by atoms with E-state index in [0.29, 0.717) is 0 Å². The lowest BCUT2D eigenvalue weighted by Crippen LogP contribution is -2.00. The smallest absolute Gasteiger partial charge is 0.135 e. The lowest BCUT2D eigenvalue weighted by atomic mass is 10.1. The second-order valence-corrected chi connectivity index (χ2v) is 7.19. The number of benzene rings is 1. The summed E-state index contributed by atoms with van der Waals surface area (Å²) in [6, 6.07) is 8.27. The zero-order valence-electron chi connectivity index (χ0n) is 16.1. The zero-order chi connectivity index (χ0) is 19.1. The normalized spacial score (nSPS) is 12.0. The SMILES string of the molecule is CC/C=C(/C=C/c1c(Nc2ccc3ncsc3c2)ccnc1NC)CCC. The summed E-state index contributed by atoms with van der Waals surface area (Å²) in [5, 5.41) is 6.75. The van der Waals surface area contributed by atoms with Crippen molar-refractivity contribution in [3.8, 4) is 0 Å². The van der Waals surface area contributed by atoms with Crippen molar-refractivity contribution in [2.45, 2.75) is 33.1 Å². The third kappa shape index (κ3) is 4.74. The number of thiazole rings is 1. The highest BCUT2D eigenvalue weighted by atomic mass is 32.1. The molecule has 0 aliphatic rings. The molecule has 0 unspecified atom stereocenters. The van der Waals surface area contributed by atoms with Crippen LogP contribution in [0, 0.1) is 0 Å². The molecule has 1 aromatic carbocycles. The topological polar surface area (TPSA) is 49.8 Å². The molecule has 0 aliphatic heterocycles. The van der Waals surface area contributed by atoms with E-state index in [0.717, 1.165) is 47.5 Å². The molecule has 0 radical (unpaired) electrons. The lowest BCUT2D eigenvalue weighted by molar-refractivity contribution is 0.918. The first kappa shape index (κ1) is 19.1. The second-order valence-electron chi connectivity index (χ2n) is 6.30. The predicted octanol–water partition coefficient (Wildman–Crippen LogP) is 6.63. The number of rotatable bonds is 8. The van der Waals surface area contributed by atoms with Gasteiger partial charge in [0.2, 0.25) is 0 Å². The summed E-state index contributed by atoms with van der Waals surface area (Å²) >= 11 is 1.65. The summed E-state index contributed by atoms with van der Waals surface area (Å²) in [5.41, 5.74) is 7.41. The Morgan fingerprint density at radius 2 is 2.07 bits per heavy atom. The Labute approximate surface area is 165 Å². The van der Waals surface area contributed by atoms with Crippen LogP contribution >= 0.6 is 11.3 Å². The van der Waals surface area contributed by atoms with Gasteiger partial charge in [0.05, 0.1) is 21.4 Å². The molecular formula is C22H26N4S. The van der Waals surface area contributed by atoms with Gasteiger partial charge < -0.3 is 10.6 Å². The van der Waals surface area contributed by atoms with E-state index in [-0.39, 0.29) is 0 Å². The van der Waals surface area contributed by atoms with Crippen LogP contribution in [0.5, 0.6) is 0 Å². The highest BCUT2D eigenvalue weighted by Crippen LogP contribution is 2.29. The van der Waals surface area contributed by atoms with Crippen molar-refractivity contribution in [2.24, 2.45) is 0 Å². The monoisotopic (exact) mass is 378 g/mol. The Morgan fingerprint density at radius 3 is 2.85 bits per heavy atom. The van der Waals surface area contributed by atoms with Crippen molar-refractivity contribution in [3.63, 3.8) is 0 Å². The number of aromatic nitrogens is 2. The molecule has 0 amide bonds. The van der Waals surface area contributed by atoms with Crippen LogP contribution in [0.2, 0.25) is 0 Å². The van der Waals surface area contributed by atoms with Gasteiger partial charge in [0, 0.05) is 24.5 Å². The van der Waals surface area contributed by atoms with Gasteiger partial charge in [0.25, 0.3) is 0 Å². The predicted molar refractivity (Wildman–Crippen MR) is 119 cm³/mol. The van der Waals surface area contributed by atoms with Gasteiger partial charge in [-0.05, 0) is 43.2 Å². The van der Waals surface area contributed by atoms with E-state index in [1.807, 2.05) is 30.9 Å². The van der Waals surface area contributed by atoms with Gasteiger partial charge in [-0.3, -0.25) is 0 Å². The third-order valence-corrected chi connectivity index (χ3v) is 5.10. The standard InChI is InChI=1S/C22H26N4S/c1-4-6-16(7-5-2)8-10-18-19(12-13-24-22(18)23-3)26-17-9-11-20-21(14-17)27-15-25-20/h6,8-15H,4-5,7H2,1-3H3,(H2,23,24,26)/b10-8+,16-6+. The number of fused-ring (bicyclic) bond motifs is 1. The zero-order valence-corrected chi connectivity index (χ0v) is 16.9. The summed E-state index contributed by atoms with van der Waals surface area (Å²) in [5.74, 6) is 0.863. The molecule has 0 saturated carbocycles. The molecule has 2 N–H and O–H groups in total. The van der Waals surface area contributed by atoms with Gasteiger partial charge in [-0.25, -0.2) is 9.97 Å². The summed E-state index contributed by atoms with van der Waals surface area (Å²) in [6.45, 7) is 4.39. The minimum Gasteiger partial charge on any atom is -0.373 e. The number of nitrogens with one attached hydrogen (secondary N) is 2. The van der Waals surface area contributed by atoms with E-state index in [1.165, 1.54) is 10.3 Å². The number of hydrogen-bond acceptors (Lipinski definition) is 5. The van der Waals surface area contributed by atoms with Gasteiger partial charge in [0.1, 0.15) is 5.82 Å². The first-order valence-corrected chi connectivity index (χ1v) is 10.3. The Morgan fingerprint density at radius 1 is 1.19 bits per heavy atom. The van der Waals surface area contributed by atoms with Crippen molar-refractivity contribution in [1.29, 1.82) is 0 Å². The molecule has 5 heteroatoms. The molecule has 2 aromatic heterocycles. The van der Waals surface area contributed by atoms with E-state index in [1.54, 1.807) is 11.3 Å². The van der Waals surface area contributed by atoms with Crippen molar-refractivity contribution in [3.05, 3.63) is 59.3 Å². The Hall–Kier alpha value is -2.66. The molecule has 0 bridgehead atoms. The molecule has 140 valence electrons. The lowest BCUT2D eigenvalue weighted by Gasteiger charge is -2.13. The number of hydrogen-bond donors (Lipinski definition) is 2. The van der Waals surface area contributed by atoms with Crippen LogP contribution in [-0.2, 0) is 0 Å². The molecule has 4 nitrogen and oxygen atoms in total. The molecule has 0 spiro atoms. The fourth-order valence-corrected chi connectivity index (χ4v) is 3.75. The summed E-state index contributed by atoms with van der Waals surface area (Å²) < 4.78 is 1.18. The first-order valence-electron chi connectivity index (χ1n) is 9.39. The summed E-state index contributed by atoms with van der Waals surface area (Å²) in [6.07, 6.45) is 11.8. The largest absolute Gasteiger partial charge is 0.373 e. The maximum atomic E-state index is 4.48. The van der Waals surface area contributed by atoms with Crippen LogP contribution in [0.3, 0.4) is 0 Å². The quantitative estimate of drug-likeness (QED) is 0.432. The molecule has 0 atom stereocenters. The number of anilines is 3. The molecule has 3 aromatic rings. The van der Waals surface area contributed by atoms with Gasteiger partial charge in [-0.15, -0.1) is 11.3 Å². The van der Waals surface area contributed by atoms with E-state index in [2.05, 4.69) is 64.8 Å². The van der Waals surface area contributed by atoms with E-state index >= 15 is 0 Å².